The van der Waals surface area contributed by atoms with E-state index in [9.17, 15) is 0 Å². The number of rotatable bonds is 7. The summed E-state index contributed by atoms with van der Waals surface area (Å²) in [5, 5.41) is 0. The fourth-order valence-corrected chi connectivity index (χ4v) is 8.10. The van der Waals surface area contributed by atoms with Gasteiger partial charge in [-0.05, 0) is 154 Å². The van der Waals surface area contributed by atoms with E-state index in [1.54, 1.807) is 0 Å². The van der Waals surface area contributed by atoms with Crippen LogP contribution in [0.1, 0.15) is 89.9 Å². The Morgan fingerprint density at radius 2 is 0.943 bits per heavy atom. The summed E-state index contributed by atoms with van der Waals surface area (Å²) in [4.78, 5) is 7.10. The van der Waals surface area contributed by atoms with Crippen LogP contribution in [0.3, 0.4) is 0 Å². The molecule has 1 heterocycles. The van der Waals surface area contributed by atoms with Crippen molar-refractivity contribution < 1.29 is 4.74 Å². The molecular weight excluding hydrogens is 430 g/mol. The molecule has 4 rings (SSSR count). The Morgan fingerprint density at radius 3 is 1.34 bits per heavy atom. The van der Waals surface area contributed by atoms with Crippen molar-refractivity contribution in [1.82, 2.24) is 14.7 Å². The lowest BCUT2D eigenvalue weighted by molar-refractivity contribution is -0.140. The molecular formula is C31H57N3O. The van der Waals surface area contributed by atoms with Crippen LogP contribution in [-0.2, 0) is 4.74 Å². The summed E-state index contributed by atoms with van der Waals surface area (Å²) in [5.74, 6) is 4.23. The number of hydrogen-bond donors (Lipinski definition) is 0. The minimum Gasteiger partial charge on any atom is -0.384 e. The minimum absolute atomic E-state index is 0.528. The van der Waals surface area contributed by atoms with E-state index in [0.717, 1.165) is 41.7 Å². The fourth-order valence-electron chi connectivity index (χ4n) is 8.10. The van der Waals surface area contributed by atoms with Crippen molar-refractivity contribution in [1.29, 1.82) is 0 Å². The molecule has 0 N–H and O–H groups in total. The summed E-state index contributed by atoms with van der Waals surface area (Å²) >= 11 is 0. The molecule has 4 fully saturated rings. The normalized spacial score (nSPS) is 41.5. The van der Waals surface area contributed by atoms with Crippen molar-refractivity contribution >= 4 is 0 Å². The molecule has 1 saturated heterocycles. The molecule has 2 atom stereocenters. The molecule has 35 heavy (non-hydrogen) atoms. The maximum Gasteiger partial charge on any atom is 0.0610 e. The van der Waals surface area contributed by atoms with E-state index >= 15 is 0 Å². The van der Waals surface area contributed by atoms with Gasteiger partial charge in [0.25, 0.3) is 0 Å². The Labute approximate surface area is 217 Å². The van der Waals surface area contributed by atoms with Crippen LogP contribution in [-0.4, -0.2) is 81.3 Å². The topological polar surface area (TPSA) is 19.0 Å². The van der Waals surface area contributed by atoms with Crippen LogP contribution in [0.25, 0.3) is 0 Å². The molecule has 0 aromatic carbocycles. The van der Waals surface area contributed by atoms with Crippen molar-refractivity contribution in [3.8, 4) is 0 Å². The van der Waals surface area contributed by atoms with Gasteiger partial charge >= 0.3 is 0 Å². The Kier molecular flexibility index (Phi) is 10.0. The van der Waals surface area contributed by atoms with Crippen molar-refractivity contribution in [2.75, 3.05) is 42.3 Å². The van der Waals surface area contributed by atoms with Crippen LogP contribution in [0.4, 0.5) is 0 Å². The molecule has 0 radical (unpaired) electrons. The van der Waals surface area contributed by atoms with Crippen molar-refractivity contribution in [3.05, 3.63) is 12.3 Å². The lowest BCUT2D eigenvalue weighted by atomic mass is 9.67. The number of ether oxygens (including phenoxy) is 1. The lowest BCUT2D eigenvalue weighted by Crippen LogP contribution is -2.46. The second-order valence-electron chi connectivity index (χ2n) is 13.5. The van der Waals surface area contributed by atoms with E-state index in [1.807, 2.05) is 0 Å². The standard InChI is InChI=1S/C31H57N3O/c1-32(2)20-19-23-7-9-24(10-8-23)27-21-30(25-11-15-28(16-12-25)33(3)4)35-31(22-27)26-13-17-29(18-14-26)34(5)6/h19-20,23-31H,7-18,21-22H2,1-6H3/b20-19+. The summed E-state index contributed by atoms with van der Waals surface area (Å²) in [7, 11) is 13.3. The van der Waals surface area contributed by atoms with Gasteiger partial charge < -0.3 is 19.4 Å². The van der Waals surface area contributed by atoms with Gasteiger partial charge in [0.05, 0.1) is 12.2 Å². The Bertz CT molecular complexity index is 602. The number of allylic oxidation sites excluding steroid dienone is 1. The molecule has 0 bridgehead atoms. The quantitative estimate of drug-likeness (QED) is 0.421. The minimum atomic E-state index is 0.528. The Balaban J connectivity index is 1.38. The summed E-state index contributed by atoms with van der Waals surface area (Å²) in [6.07, 6.45) is 25.1. The van der Waals surface area contributed by atoms with Crippen molar-refractivity contribution in [2.24, 2.45) is 29.6 Å². The monoisotopic (exact) mass is 487 g/mol. The first-order chi connectivity index (χ1) is 16.8. The van der Waals surface area contributed by atoms with Crippen LogP contribution in [0, 0.1) is 29.6 Å². The highest BCUT2D eigenvalue weighted by atomic mass is 16.5. The number of hydrogen-bond acceptors (Lipinski definition) is 4. The molecule has 0 spiro atoms. The maximum atomic E-state index is 7.12. The second kappa shape index (κ2) is 12.8. The molecule has 4 heteroatoms. The van der Waals surface area contributed by atoms with Gasteiger partial charge in [0.15, 0.2) is 0 Å². The average molecular weight is 488 g/mol. The van der Waals surface area contributed by atoms with E-state index in [4.69, 9.17) is 4.74 Å². The predicted molar refractivity (Wildman–Crippen MR) is 149 cm³/mol. The highest BCUT2D eigenvalue weighted by molar-refractivity contribution is 4.95. The first-order valence-corrected chi connectivity index (χ1v) is 15.1. The third kappa shape index (κ3) is 7.48. The van der Waals surface area contributed by atoms with Gasteiger partial charge in [-0.15, -0.1) is 0 Å². The third-order valence-corrected chi connectivity index (χ3v) is 10.6. The maximum absolute atomic E-state index is 7.12. The molecule has 4 aliphatic rings. The summed E-state index contributed by atoms with van der Waals surface area (Å²) in [6.45, 7) is 0. The first kappa shape index (κ1) is 27.5. The highest BCUT2D eigenvalue weighted by Gasteiger charge is 2.42. The van der Waals surface area contributed by atoms with Crippen LogP contribution < -0.4 is 0 Å². The highest BCUT2D eigenvalue weighted by Crippen LogP contribution is 2.46. The van der Waals surface area contributed by atoms with Gasteiger partial charge in [0.1, 0.15) is 0 Å². The summed E-state index contributed by atoms with van der Waals surface area (Å²) in [6, 6.07) is 1.57. The van der Waals surface area contributed by atoms with E-state index < -0.39 is 0 Å². The van der Waals surface area contributed by atoms with Gasteiger partial charge in [0, 0.05) is 26.2 Å². The SMILES string of the molecule is CN(C)/C=C/C1CCC(C2CC(C3CCC(N(C)C)CC3)OC(C3CCC(N(C)C)CC3)C2)CC1. The van der Waals surface area contributed by atoms with Crippen LogP contribution in [0.15, 0.2) is 12.3 Å². The van der Waals surface area contributed by atoms with Crippen molar-refractivity contribution in [2.45, 2.75) is 114 Å². The van der Waals surface area contributed by atoms with Crippen LogP contribution >= 0.6 is 0 Å². The van der Waals surface area contributed by atoms with Gasteiger partial charge in [-0.2, -0.15) is 0 Å². The van der Waals surface area contributed by atoms with Crippen LogP contribution in [0.5, 0.6) is 0 Å². The van der Waals surface area contributed by atoms with Crippen molar-refractivity contribution in [3.63, 3.8) is 0 Å². The zero-order valence-corrected chi connectivity index (χ0v) is 24.0. The summed E-state index contributed by atoms with van der Waals surface area (Å²) in [5.41, 5.74) is 0. The van der Waals surface area contributed by atoms with Gasteiger partial charge in [-0.25, -0.2) is 0 Å². The molecule has 1 aliphatic heterocycles. The molecule has 4 nitrogen and oxygen atoms in total. The van der Waals surface area contributed by atoms with Gasteiger partial charge in [0.2, 0.25) is 0 Å². The van der Waals surface area contributed by atoms with Gasteiger partial charge in [-0.3, -0.25) is 0 Å². The van der Waals surface area contributed by atoms with E-state index in [0.29, 0.717) is 12.2 Å². The number of nitrogens with zero attached hydrogens (tertiary/aromatic N) is 3. The van der Waals surface area contributed by atoms with E-state index in [-0.39, 0.29) is 0 Å². The van der Waals surface area contributed by atoms with E-state index in [1.165, 1.54) is 89.9 Å². The largest absolute Gasteiger partial charge is 0.384 e. The second-order valence-corrected chi connectivity index (χ2v) is 13.5. The molecule has 3 saturated carbocycles. The molecule has 0 aromatic rings. The third-order valence-electron chi connectivity index (χ3n) is 10.6. The molecule has 3 aliphatic carbocycles. The zero-order chi connectivity index (χ0) is 24.9. The summed E-state index contributed by atoms with van der Waals surface area (Å²) < 4.78 is 7.12. The molecule has 0 aromatic heterocycles. The molecule has 202 valence electrons. The van der Waals surface area contributed by atoms with E-state index in [2.05, 4.69) is 69.3 Å². The lowest BCUT2D eigenvalue weighted by Gasteiger charge is -2.48. The smallest absolute Gasteiger partial charge is 0.0610 e. The predicted octanol–water partition coefficient (Wildman–Crippen LogP) is 6.27. The average Bonchev–Trinajstić information content (AvgIpc) is 2.87. The molecule has 0 amide bonds. The first-order valence-electron chi connectivity index (χ1n) is 15.1. The molecule has 2 unspecified atom stereocenters. The Morgan fingerprint density at radius 1 is 0.514 bits per heavy atom. The van der Waals surface area contributed by atoms with Gasteiger partial charge in [-0.1, -0.05) is 6.08 Å². The zero-order valence-electron chi connectivity index (χ0n) is 24.0. The van der Waals surface area contributed by atoms with Crippen LogP contribution in [0.2, 0.25) is 0 Å². The fraction of sp³-hybridized carbons (Fsp3) is 0.935. The Hall–Kier alpha value is -0.580.